The van der Waals surface area contributed by atoms with Crippen LogP contribution in [0.25, 0.3) is 11.5 Å². The number of urea groups is 1. The predicted octanol–water partition coefficient (Wildman–Crippen LogP) is 3.73. The topological polar surface area (TPSA) is 109 Å². The summed E-state index contributed by atoms with van der Waals surface area (Å²) < 4.78 is 26.6. The quantitative estimate of drug-likeness (QED) is 0.727. The van der Waals surface area contributed by atoms with E-state index in [-0.39, 0.29) is 6.03 Å². The molecule has 2 amide bonds. The fourth-order valence-corrected chi connectivity index (χ4v) is 6.13. The zero-order valence-corrected chi connectivity index (χ0v) is 17.0. The van der Waals surface area contributed by atoms with Crippen molar-refractivity contribution in [2.45, 2.75) is 62.7 Å². The number of carbonyl (C=O) groups excluding carboxylic acids is 1. The number of carbonyl (C=O) groups is 1. The Morgan fingerprint density at radius 1 is 1.25 bits per heavy atom. The molecule has 2 N–H and O–H groups in total. The molecule has 2 atom stereocenters. The molecule has 1 aliphatic heterocycles. The molecule has 150 valence electrons. The lowest BCUT2D eigenvalue weighted by molar-refractivity contribution is 0.217. The molecule has 3 aliphatic rings. The highest BCUT2D eigenvalue weighted by molar-refractivity contribution is 7.79. The summed E-state index contributed by atoms with van der Waals surface area (Å²) >= 11 is -0.489. The maximum absolute atomic E-state index is 12.9. The molecule has 2 aromatic heterocycles. The molecular formula is C18H22N4O4S2. The van der Waals surface area contributed by atoms with Crippen molar-refractivity contribution in [3.63, 3.8) is 0 Å². The average molecular weight is 423 g/mol. The molecule has 28 heavy (non-hydrogen) atoms. The van der Waals surface area contributed by atoms with Crippen molar-refractivity contribution >= 4 is 33.4 Å². The van der Waals surface area contributed by atoms with Gasteiger partial charge in [0.2, 0.25) is 0 Å². The lowest BCUT2D eigenvalue weighted by Gasteiger charge is -2.22. The SMILES string of the molecule is O=C(Nc1sc2c(c1-c1nc(C3CC3)no1)CCCC2)N1CCC[C@@H]1S(=O)O. The van der Waals surface area contributed by atoms with Crippen LogP contribution in [-0.4, -0.2) is 41.8 Å². The first-order valence-electron chi connectivity index (χ1n) is 9.77. The van der Waals surface area contributed by atoms with Crippen LogP contribution in [0.2, 0.25) is 0 Å². The number of likely N-dealkylation sites (tertiary alicyclic amines) is 1. The molecule has 1 unspecified atom stereocenters. The summed E-state index contributed by atoms with van der Waals surface area (Å²) in [5.41, 5.74) is 2.04. The van der Waals surface area contributed by atoms with Gasteiger partial charge in [-0.25, -0.2) is 9.00 Å². The first-order chi connectivity index (χ1) is 13.6. The Bertz CT molecular complexity index is 936. The Hall–Kier alpha value is -1.78. The molecule has 10 heteroatoms. The molecule has 0 bridgehead atoms. The molecule has 3 heterocycles. The van der Waals surface area contributed by atoms with Gasteiger partial charge in [0.1, 0.15) is 10.4 Å². The Morgan fingerprint density at radius 3 is 2.86 bits per heavy atom. The predicted molar refractivity (Wildman–Crippen MR) is 106 cm³/mol. The van der Waals surface area contributed by atoms with E-state index in [0.717, 1.165) is 56.3 Å². The lowest BCUT2D eigenvalue weighted by atomic mass is 9.95. The third-order valence-corrected chi connectivity index (χ3v) is 7.84. The van der Waals surface area contributed by atoms with Crippen molar-refractivity contribution in [2.24, 2.45) is 0 Å². The highest BCUT2D eigenvalue weighted by Crippen LogP contribution is 2.45. The van der Waals surface area contributed by atoms with Crippen molar-refractivity contribution in [3.05, 3.63) is 16.3 Å². The van der Waals surface area contributed by atoms with Crippen LogP contribution in [0.1, 0.15) is 60.7 Å². The van der Waals surface area contributed by atoms with Crippen LogP contribution < -0.4 is 5.32 Å². The molecule has 1 saturated carbocycles. The smallest absolute Gasteiger partial charge is 0.323 e. The second-order valence-electron chi connectivity index (χ2n) is 7.64. The number of anilines is 1. The largest absolute Gasteiger partial charge is 0.334 e. The van der Waals surface area contributed by atoms with E-state index in [1.807, 2.05) is 0 Å². The second-order valence-corrected chi connectivity index (χ2v) is 9.85. The van der Waals surface area contributed by atoms with Gasteiger partial charge in [0.05, 0.1) is 5.56 Å². The minimum Gasteiger partial charge on any atom is -0.334 e. The van der Waals surface area contributed by atoms with E-state index in [9.17, 15) is 13.6 Å². The van der Waals surface area contributed by atoms with Gasteiger partial charge in [0.25, 0.3) is 5.89 Å². The van der Waals surface area contributed by atoms with Gasteiger partial charge in [-0.1, -0.05) is 5.16 Å². The number of hydrogen-bond acceptors (Lipinski definition) is 6. The molecule has 2 aromatic rings. The number of aromatic nitrogens is 2. The van der Waals surface area contributed by atoms with Crippen LogP contribution >= 0.6 is 11.3 Å². The third kappa shape index (κ3) is 3.27. The van der Waals surface area contributed by atoms with Gasteiger partial charge in [-0.05, 0) is 56.9 Å². The van der Waals surface area contributed by atoms with Gasteiger partial charge in [0, 0.05) is 17.3 Å². The molecule has 2 aliphatic carbocycles. The van der Waals surface area contributed by atoms with E-state index in [0.29, 0.717) is 29.8 Å². The fourth-order valence-electron chi connectivity index (χ4n) is 4.07. The average Bonchev–Trinajstić information content (AvgIpc) is 3.10. The Labute approximate surface area is 169 Å². The van der Waals surface area contributed by atoms with E-state index in [2.05, 4.69) is 15.5 Å². The summed E-state index contributed by atoms with van der Waals surface area (Å²) in [5.74, 6) is 1.62. The van der Waals surface area contributed by atoms with Gasteiger partial charge >= 0.3 is 6.03 Å². The number of hydrogen-bond donors (Lipinski definition) is 2. The van der Waals surface area contributed by atoms with Crippen molar-refractivity contribution in [1.29, 1.82) is 0 Å². The van der Waals surface area contributed by atoms with Crippen molar-refractivity contribution in [1.82, 2.24) is 15.0 Å². The minimum absolute atomic E-state index is 0.341. The third-order valence-electron chi connectivity index (χ3n) is 5.68. The van der Waals surface area contributed by atoms with Crippen LogP contribution in [0.5, 0.6) is 0 Å². The molecule has 0 spiro atoms. The van der Waals surface area contributed by atoms with E-state index in [1.165, 1.54) is 15.3 Å². The number of aryl methyl sites for hydroxylation is 1. The zero-order valence-electron chi connectivity index (χ0n) is 15.3. The molecule has 8 nitrogen and oxygen atoms in total. The first kappa shape index (κ1) is 18.3. The highest BCUT2D eigenvalue weighted by atomic mass is 32.2. The Kier molecular flexibility index (Phi) is 4.72. The number of thiophene rings is 1. The molecule has 0 radical (unpaired) electrons. The number of fused-ring (bicyclic) bond motifs is 1. The van der Waals surface area contributed by atoms with Gasteiger partial charge < -0.3 is 14.0 Å². The second kappa shape index (κ2) is 7.23. The van der Waals surface area contributed by atoms with Crippen LogP contribution in [0.3, 0.4) is 0 Å². The summed E-state index contributed by atoms with van der Waals surface area (Å²) in [6, 6.07) is -0.341. The molecule has 5 rings (SSSR count). The maximum Gasteiger partial charge on any atom is 0.323 e. The van der Waals surface area contributed by atoms with Gasteiger partial charge in [-0.3, -0.25) is 5.32 Å². The van der Waals surface area contributed by atoms with Crippen LogP contribution in [-0.2, 0) is 23.9 Å². The highest BCUT2D eigenvalue weighted by Gasteiger charge is 2.35. The van der Waals surface area contributed by atoms with Crippen molar-refractivity contribution in [3.8, 4) is 11.5 Å². The standard InChI is InChI=1S/C18H22N4O4S2/c23-18(22-9-3-6-13(22)28(24)25)20-17-14(11-4-1-2-5-12(11)27-17)16-19-15(21-26-16)10-7-8-10/h10,13H,1-9H2,(H,20,23)(H,24,25)/t13-/m0/s1. The minimum atomic E-state index is -2.05. The number of nitrogens with one attached hydrogen (secondary N) is 1. The fraction of sp³-hybridized carbons (Fsp3) is 0.611. The van der Waals surface area contributed by atoms with Crippen LogP contribution in [0.4, 0.5) is 9.80 Å². The van der Waals surface area contributed by atoms with E-state index >= 15 is 0 Å². The van der Waals surface area contributed by atoms with Gasteiger partial charge in [-0.2, -0.15) is 4.98 Å². The van der Waals surface area contributed by atoms with Crippen LogP contribution in [0, 0.1) is 0 Å². The van der Waals surface area contributed by atoms with Gasteiger partial charge in [-0.15, -0.1) is 11.3 Å². The van der Waals surface area contributed by atoms with E-state index in [4.69, 9.17) is 4.52 Å². The maximum atomic E-state index is 12.9. The Balaban J connectivity index is 1.47. The molecule has 2 fully saturated rings. The molecule has 0 aromatic carbocycles. The normalized spacial score (nSPS) is 22.9. The van der Waals surface area contributed by atoms with Crippen LogP contribution in [0.15, 0.2) is 4.52 Å². The molecular weight excluding hydrogens is 400 g/mol. The van der Waals surface area contributed by atoms with Gasteiger partial charge in [0.15, 0.2) is 16.9 Å². The number of nitrogens with zero attached hydrogens (tertiary/aromatic N) is 3. The van der Waals surface area contributed by atoms with Crippen molar-refractivity contribution < 1.29 is 18.1 Å². The number of amides is 2. The van der Waals surface area contributed by atoms with E-state index in [1.54, 1.807) is 11.3 Å². The zero-order chi connectivity index (χ0) is 19.3. The summed E-state index contributed by atoms with van der Waals surface area (Å²) in [6.45, 7) is 0.482. The lowest BCUT2D eigenvalue weighted by Crippen LogP contribution is -2.40. The monoisotopic (exact) mass is 422 g/mol. The summed E-state index contributed by atoms with van der Waals surface area (Å²) in [5, 5.41) is 7.17. The molecule has 1 saturated heterocycles. The van der Waals surface area contributed by atoms with Crippen molar-refractivity contribution in [2.75, 3.05) is 11.9 Å². The summed E-state index contributed by atoms with van der Waals surface area (Å²) in [6.07, 6.45) is 7.62. The Morgan fingerprint density at radius 2 is 2.07 bits per heavy atom. The summed E-state index contributed by atoms with van der Waals surface area (Å²) in [4.78, 5) is 20.2. The first-order valence-corrected chi connectivity index (χ1v) is 11.8. The summed E-state index contributed by atoms with van der Waals surface area (Å²) in [7, 11) is 0. The van der Waals surface area contributed by atoms with E-state index < -0.39 is 16.5 Å². The number of rotatable bonds is 4.